The average molecular weight is 254 g/mol. The normalized spacial score (nSPS) is 30.9. The Morgan fingerprint density at radius 1 is 1.06 bits per heavy atom. The van der Waals surface area contributed by atoms with E-state index in [0.29, 0.717) is 18.5 Å². The van der Waals surface area contributed by atoms with Crippen molar-refractivity contribution in [3.63, 3.8) is 0 Å². The number of thioether (sulfide) groups is 1. The molecule has 0 aromatic heterocycles. The summed E-state index contributed by atoms with van der Waals surface area (Å²) in [6, 6.07) is 0.163. The SMILES string of the molecule is O=C1[C@@H]2CSCN2C(=O)CN1C1CCCCC1. The van der Waals surface area contributed by atoms with E-state index in [1.54, 1.807) is 16.7 Å². The zero-order valence-electron chi connectivity index (χ0n) is 9.93. The van der Waals surface area contributed by atoms with Crippen LogP contribution < -0.4 is 0 Å². The van der Waals surface area contributed by atoms with Gasteiger partial charge in [-0.3, -0.25) is 9.59 Å². The van der Waals surface area contributed by atoms with E-state index in [0.717, 1.165) is 18.6 Å². The van der Waals surface area contributed by atoms with Gasteiger partial charge in [-0.25, -0.2) is 0 Å². The summed E-state index contributed by atoms with van der Waals surface area (Å²) < 4.78 is 0. The summed E-state index contributed by atoms with van der Waals surface area (Å²) in [5, 5.41) is 0. The second-order valence-corrected chi connectivity index (χ2v) is 6.14. The predicted molar refractivity (Wildman–Crippen MR) is 66.5 cm³/mol. The van der Waals surface area contributed by atoms with E-state index in [1.807, 2.05) is 4.90 Å². The van der Waals surface area contributed by atoms with Crippen molar-refractivity contribution in [3.8, 4) is 0 Å². The highest BCUT2D eigenvalue weighted by molar-refractivity contribution is 7.99. The molecule has 2 saturated heterocycles. The van der Waals surface area contributed by atoms with E-state index in [1.165, 1.54) is 19.3 Å². The Hall–Kier alpha value is -0.710. The van der Waals surface area contributed by atoms with Crippen LogP contribution in [0.3, 0.4) is 0 Å². The molecule has 2 aliphatic heterocycles. The molecule has 4 nitrogen and oxygen atoms in total. The van der Waals surface area contributed by atoms with Crippen molar-refractivity contribution in [1.82, 2.24) is 9.80 Å². The van der Waals surface area contributed by atoms with Crippen molar-refractivity contribution in [2.24, 2.45) is 0 Å². The summed E-state index contributed by atoms with van der Waals surface area (Å²) in [5.41, 5.74) is 0. The number of hydrogen-bond donors (Lipinski definition) is 0. The number of carbonyl (C=O) groups excluding carboxylic acids is 2. The van der Waals surface area contributed by atoms with Crippen molar-refractivity contribution >= 4 is 23.6 Å². The van der Waals surface area contributed by atoms with Crippen LogP contribution in [-0.4, -0.2) is 51.9 Å². The van der Waals surface area contributed by atoms with E-state index in [2.05, 4.69) is 0 Å². The molecule has 0 spiro atoms. The lowest BCUT2D eigenvalue weighted by Crippen LogP contribution is -2.60. The molecule has 0 aromatic rings. The fourth-order valence-electron chi connectivity index (χ4n) is 3.10. The summed E-state index contributed by atoms with van der Waals surface area (Å²) >= 11 is 1.69. The van der Waals surface area contributed by atoms with Crippen LogP contribution in [0.1, 0.15) is 32.1 Å². The number of hydrogen-bond acceptors (Lipinski definition) is 3. The number of amides is 2. The first-order chi connectivity index (χ1) is 8.27. The molecule has 3 fully saturated rings. The fourth-order valence-corrected chi connectivity index (χ4v) is 4.27. The summed E-state index contributed by atoms with van der Waals surface area (Å²) in [7, 11) is 0. The second-order valence-electron chi connectivity index (χ2n) is 5.14. The van der Waals surface area contributed by atoms with Gasteiger partial charge in [0.2, 0.25) is 11.8 Å². The third-order valence-corrected chi connectivity index (χ3v) is 5.10. The topological polar surface area (TPSA) is 40.6 Å². The molecular formula is C12H18N2O2S. The zero-order valence-corrected chi connectivity index (χ0v) is 10.7. The largest absolute Gasteiger partial charge is 0.329 e. The summed E-state index contributed by atoms with van der Waals surface area (Å²) in [4.78, 5) is 28.0. The van der Waals surface area contributed by atoms with Crippen LogP contribution in [0, 0.1) is 0 Å². The number of nitrogens with zero attached hydrogens (tertiary/aromatic N) is 2. The van der Waals surface area contributed by atoms with Crippen molar-refractivity contribution in [3.05, 3.63) is 0 Å². The van der Waals surface area contributed by atoms with E-state index in [-0.39, 0.29) is 17.9 Å². The monoisotopic (exact) mass is 254 g/mol. The molecule has 3 aliphatic rings. The van der Waals surface area contributed by atoms with Crippen LogP contribution in [0.25, 0.3) is 0 Å². The van der Waals surface area contributed by atoms with Crippen LogP contribution in [0.15, 0.2) is 0 Å². The molecule has 94 valence electrons. The van der Waals surface area contributed by atoms with Crippen LogP contribution in [-0.2, 0) is 9.59 Å². The third-order valence-electron chi connectivity index (χ3n) is 4.09. The Morgan fingerprint density at radius 2 is 1.82 bits per heavy atom. The third kappa shape index (κ3) is 1.94. The number of piperazine rings is 1. The Bertz CT molecular complexity index is 341. The fraction of sp³-hybridized carbons (Fsp3) is 0.833. The van der Waals surface area contributed by atoms with Gasteiger partial charge in [-0.1, -0.05) is 19.3 Å². The van der Waals surface area contributed by atoms with Gasteiger partial charge in [0.15, 0.2) is 0 Å². The number of fused-ring (bicyclic) bond motifs is 1. The lowest BCUT2D eigenvalue weighted by molar-refractivity contribution is -0.155. The van der Waals surface area contributed by atoms with E-state index < -0.39 is 0 Å². The average Bonchev–Trinajstić information content (AvgIpc) is 2.85. The first kappa shape index (κ1) is 11.4. The van der Waals surface area contributed by atoms with E-state index in [9.17, 15) is 9.59 Å². The van der Waals surface area contributed by atoms with Crippen LogP contribution in [0.4, 0.5) is 0 Å². The Morgan fingerprint density at radius 3 is 2.59 bits per heavy atom. The van der Waals surface area contributed by atoms with Crippen LogP contribution in [0.2, 0.25) is 0 Å². The molecule has 2 amide bonds. The van der Waals surface area contributed by atoms with E-state index in [4.69, 9.17) is 0 Å². The first-order valence-electron chi connectivity index (χ1n) is 6.45. The second kappa shape index (κ2) is 4.52. The maximum atomic E-state index is 12.4. The van der Waals surface area contributed by atoms with E-state index >= 15 is 0 Å². The van der Waals surface area contributed by atoms with Gasteiger partial charge in [0.05, 0.1) is 5.88 Å². The molecule has 3 rings (SSSR count). The van der Waals surface area contributed by atoms with Crippen LogP contribution in [0.5, 0.6) is 0 Å². The molecular weight excluding hydrogens is 236 g/mol. The number of rotatable bonds is 1. The minimum Gasteiger partial charge on any atom is -0.329 e. The van der Waals surface area contributed by atoms with Gasteiger partial charge in [-0.05, 0) is 12.8 Å². The predicted octanol–water partition coefficient (Wildman–Crippen LogP) is 1.06. The standard InChI is InChI=1S/C12H18N2O2S/c15-11-6-13(9-4-2-1-3-5-9)12(16)10-7-17-8-14(10)11/h9-10H,1-8H2/t10-/m0/s1. The van der Waals surface area contributed by atoms with Gasteiger partial charge in [-0.15, -0.1) is 11.8 Å². The molecule has 5 heteroatoms. The van der Waals surface area contributed by atoms with Crippen molar-refractivity contribution in [1.29, 1.82) is 0 Å². The molecule has 1 atom stereocenters. The lowest BCUT2D eigenvalue weighted by Gasteiger charge is -2.41. The Balaban J connectivity index is 1.76. The summed E-state index contributed by atoms with van der Waals surface area (Å²) in [6.07, 6.45) is 5.84. The number of carbonyl (C=O) groups is 2. The quantitative estimate of drug-likeness (QED) is 0.702. The highest BCUT2D eigenvalue weighted by atomic mass is 32.2. The molecule has 1 aliphatic carbocycles. The lowest BCUT2D eigenvalue weighted by atomic mass is 9.93. The maximum absolute atomic E-state index is 12.4. The minimum atomic E-state index is -0.164. The smallest absolute Gasteiger partial charge is 0.246 e. The molecule has 0 N–H and O–H groups in total. The molecule has 1 saturated carbocycles. The first-order valence-corrected chi connectivity index (χ1v) is 7.60. The Kier molecular flexibility index (Phi) is 3.03. The molecule has 0 aromatic carbocycles. The summed E-state index contributed by atoms with van der Waals surface area (Å²) in [6.45, 7) is 0.320. The van der Waals surface area contributed by atoms with Gasteiger partial charge >= 0.3 is 0 Å². The van der Waals surface area contributed by atoms with Crippen molar-refractivity contribution in [2.45, 2.75) is 44.2 Å². The molecule has 0 unspecified atom stereocenters. The molecule has 2 heterocycles. The van der Waals surface area contributed by atoms with Gasteiger partial charge < -0.3 is 9.80 Å². The Labute approximate surface area is 106 Å². The van der Waals surface area contributed by atoms with Gasteiger partial charge in [0.25, 0.3) is 0 Å². The molecule has 17 heavy (non-hydrogen) atoms. The highest BCUT2D eigenvalue weighted by Gasteiger charge is 2.44. The molecule has 0 radical (unpaired) electrons. The van der Waals surface area contributed by atoms with Gasteiger partial charge in [-0.2, -0.15) is 0 Å². The van der Waals surface area contributed by atoms with Gasteiger partial charge in [0.1, 0.15) is 12.6 Å². The highest BCUT2D eigenvalue weighted by Crippen LogP contribution is 2.30. The van der Waals surface area contributed by atoms with Crippen molar-refractivity contribution in [2.75, 3.05) is 18.2 Å². The van der Waals surface area contributed by atoms with Crippen molar-refractivity contribution < 1.29 is 9.59 Å². The van der Waals surface area contributed by atoms with Crippen LogP contribution >= 0.6 is 11.8 Å². The zero-order chi connectivity index (χ0) is 11.8. The maximum Gasteiger partial charge on any atom is 0.246 e. The molecule has 0 bridgehead atoms. The minimum absolute atomic E-state index is 0.144. The van der Waals surface area contributed by atoms with Gasteiger partial charge in [0, 0.05) is 11.8 Å². The summed E-state index contributed by atoms with van der Waals surface area (Å²) in [5.74, 6) is 1.83.